The molecule has 1 atom stereocenters. The molecule has 0 aliphatic carbocycles. The zero-order valence-electron chi connectivity index (χ0n) is 12.5. The minimum absolute atomic E-state index is 0. The largest absolute Gasteiger partial charge is 0.381 e. The van der Waals surface area contributed by atoms with Crippen LogP contribution in [0.15, 0.2) is 29.3 Å². The van der Waals surface area contributed by atoms with Crippen LogP contribution < -0.4 is 5.32 Å². The number of hydrogen-bond donors (Lipinski definition) is 1. The molecule has 1 heterocycles. The fourth-order valence-electron chi connectivity index (χ4n) is 2.41. The summed E-state index contributed by atoms with van der Waals surface area (Å²) in [5.41, 5.74) is 0.906. The minimum atomic E-state index is -0.212. The van der Waals surface area contributed by atoms with Gasteiger partial charge in [-0.1, -0.05) is 12.1 Å². The number of hydrogen-bond acceptors (Lipinski definition) is 2. The Morgan fingerprint density at radius 2 is 2.33 bits per heavy atom. The molecule has 1 aliphatic rings. The first kappa shape index (κ1) is 18.2. The molecule has 0 aromatic heterocycles. The molecule has 2 rings (SSSR count). The maximum atomic E-state index is 13.1. The fourth-order valence-corrected chi connectivity index (χ4v) is 2.41. The van der Waals surface area contributed by atoms with Gasteiger partial charge >= 0.3 is 0 Å². The first-order chi connectivity index (χ1) is 9.69. The summed E-state index contributed by atoms with van der Waals surface area (Å²) in [6.45, 7) is 3.16. The quantitative estimate of drug-likeness (QED) is 0.474. The topological polar surface area (TPSA) is 36.9 Å². The second-order valence-electron chi connectivity index (χ2n) is 5.14. The average Bonchev–Trinajstić information content (AvgIpc) is 2.92. The number of nitrogens with one attached hydrogen (secondary N) is 1. The van der Waals surface area contributed by atoms with Gasteiger partial charge in [0.25, 0.3) is 0 Å². The molecular weight excluding hydrogens is 384 g/mol. The summed E-state index contributed by atoms with van der Waals surface area (Å²) in [4.78, 5) is 6.36. The van der Waals surface area contributed by atoms with Gasteiger partial charge in [0.2, 0.25) is 0 Å². The van der Waals surface area contributed by atoms with Gasteiger partial charge in [-0.15, -0.1) is 24.0 Å². The van der Waals surface area contributed by atoms with Crippen molar-refractivity contribution in [3.63, 3.8) is 0 Å². The molecule has 1 aliphatic heterocycles. The van der Waals surface area contributed by atoms with E-state index in [4.69, 9.17) is 4.74 Å². The first-order valence-corrected chi connectivity index (χ1v) is 6.93. The van der Waals surface area contributed by atoms with Gasteiger partial charge < -0.3 is 15.0 Å². The van der Waals surface area contributed by atoms with Crippen LogP contribution in [0, 0.1) is 11.7 Å². The van der Waals surface area contributed by atoms with Crippen LogP contribution in [-0.4, -0.2) is 44.7 Å². The zero-order valence-corrected chi connectivity index (χ0v) is 14.8. The van der Waals surface area contributed by atoms with Crippen LogP contribution in [0.25, 0.3) is 0 Å². The molecule has 21 heavy (non-hydrogen) atoms. The van der Waals surface area contributed by atoms with Crippen molar-refractivity contribution >= 4 is 29.9 Å². The highest BCUT2D eigenvalue weighted by Gasteiger charge is 2.18. The van der Waals surface area contributed by atoms with E-state index in [2.05, 4.69) is 15.2 Å². The molecule has 0 radical (unpaired) electrons. The highest BCUT2D eigenvalue weighted by atomic mass is 127. The number of ether oxygens (including phenoxy) is 1. The third-order valence-electron chi connectivity index (χ3n) is 3.47. The maximum Gasteiger partial charge on any atom is 0.193 e. The van der Waals surface area contributed by atoms with Crippen molar-refractivity contribution in [1.29, 1.82) is 0 Å². The molecule has 0 bridgehead atoms. The van der Waals surface area contributed by atoms with Gasteiger partial charge in [-0.05, 0) is 24.1 Å². The highest BCUT2D eigenvalue weighted by Crippen LogP contribution is 2.13. The summed E-state index contributed by atoms with van der Waals surface area (Å²) in [6, 6.07) is 6.60. The summed E-state index contributed by atoms with van der Waals surface area (Å²) in [5.74, 6) is 1.17. The summed E-state index contributed by atoms with van der Waals surface area (Å²) >= 11 is 0. The molecule has 1 N–H and O–H groups in total. The lowest BCUT2D eigenvalue weighted by molar-refractivity contribution is 0.181. The van der Waals surface area contributed by atoms with E-state index in [1.54, 1.807) is 13.1 Å². The molecule has 1 fully saturated rings. The molecule has 4 nitrogen and oxygen atoms in total. The number of benzene rings is 1. The highest BCUT2D eigenvalue weighted by molar-refractivity contribution is 14.0. The van der Waals surface area contributed by atoms with Gasteiger partial charge in [0.1, 0.15) is 5.82 Å². The molecule has 0 saturated carbocycles. The summed E-state index contributed by atoms with van der Waals surface area (Å²) in [5, 5.41) is 3.26. The summed E-state index contributed by atoms with van der Waals surface area (Å²) in [7, 11) is 3.77. The van der Waals surface area contributed by atoms with Crippen LogP contribution in [0.4, 0.5) is 4.39 Å². The summed E-state index contributed by atoms with van der Waals surface area (Å²) in [6.07, 6.45) is 1.10. The minimum Gasteiger partial charge on any atom is -0.381 e. The molecule has 118 valence electrons. The van der Waals surface area contributed by atoms with Gasteiger partial charge in [-0.2, -0.15) is 0 Å². The Kier molecular flexibility index (Phi) is 7.95. The van der Waals surface area contributed by atoms with Gasteiger partial charge in [-0.25, -0.2) is 4.39 Å². The zero-order chi connectivity index (χ0) is 14.4. The first-order valence-electron chi connectivity index (χ1n) is 6.93. The Labute approximate surface area is 142 Å². The van der Waals surface area contributed by atoms with Gasteiger partial charge in [0.05, 0.1) is 6.61 Å². The van der Waals surface area contributed by atoms with Crippen molar-refractivity contribution in [2.24, 2.45) is 10.9 Å². The summed E-state index contributed by atoms with van der Waals surface area (Å²) < 4.78 is 18.5. The molecular formula is C15H23FIN3O. The van der Waals surface area contributed by atoms with E-state index >= 15 is 0 Å². The lowest BCUT2D eigenvalue weighted by atomic mass is 10.1. The Balaban J connectivity index is 0.00000220. The number of halogens is 2. The molecule has 0 amide bonds. The number of nitrogens with zero attached hydrogens (tertiary/aromatic N) is 2. The number of rotatable bonds is 4. The monoisotopic (exact) mass is 407 g/mol. The number of aliphatic imine (C=N–C) groups is 1. The lowest BCUT2D eigenvalue weighted by Crippen LogP contribution is -2.41. The molecule has 1 unspecified atom stereocenters. The van der Waals surface area contributed by atoms with Crippen LogP contribution in [0.1, 0.15) is 12.0 Å². The van der Waals surface area contributed by atoms with Crippen molar-refractivity contribution in [2.45, 2.75) is 13.0 Å². The SMILES string of the molecule is CN=C(NCc1cccc(F)c1)N(C)CC1CCOC1.I. The van der Waals surface area contributed by atoms with Crippen LogP contribution in [0.3, 0.4) is 0 Å². The van der Waals surface area contributed by atoms with Crippen LogP contribution in [-0.2, 0) is 11.3 Å². The third-order valence-corrected chi connectivity index (χ3v) is 3.47. The fraction of sp³-hybridized carbons (Fsp3) is 0.533. The Morgan fingerprint density at radius 1 is 1.52 bits per heavy atom. The number of guanidine groups is 1. The molecule has 1 aromatic carbocycles. The normalized spacial score (nSPS) is 18.2. The van der Waals surface area contributed by atoms with E-state index < -0.39 is 0 Å². The van der Waals surface area contributed by atoms with Crippen LogP contribution in [0.5, 0.6) is 0 Å². The van der Waals surface area contributed by atoms with Crippen molar-refractivity contribution in [3.05, 3.63) is 35.6 Å². The van der Waals surface area contributed by atoms with Gasteiger partial charge in [-0.3, -0.25) is 4.99 Å². The Bertz CT molecular complexity index is 464. The standard InChI is InChI=1S/C15H22FN3O.HI/c1-17-15(19(2)10-13-6-7-20-11-13)18-9-12-4-3-5-14(16)8-12;/h3-5,8,13H,6-7,9-11H2,1-2H3,(H,17,18);1H. The van der Waals surface area contributed by atoms with E-state index in [9.17, 15) is 4.39 Å². The molecule has 1 saturated heterocycles. The molecule has 6 heteroatoms. The van der Waals surface area contributed by atoms with Crippen LogP contribution in [0.2, 0.25) is 0 Å². The lowest BCUT2D eigenvalue weighted by Gasteiger charge is -2.24. The van der Waals surface area contributed by atoms with Crippen molar-refractivity contribution < 1.29 is 9.13 Å². The Morgan fingerprint density at radius 3 is 2.95 bits per heavy atom. The second-order valence-corrected chi connectivity index (χ2v) is 5.14. The smallest absolute Gasteiger partial charge is 0.193 e. The Hall–Kier alpha value is -0.890. The van der Waals surface area contributed by atoms with Crippen molar-refractivity contribution in [2.75, 3.05) is 33.9 Å². The van der Waals surface area contributed by atoms with Gasteiger partial charge in [0, 0.05) is 39.7 Å². The third kappa shape index (κ3) is 5.78. The van der Waals surface area contributed by atoms with Crippen molar-refractivity contribution in [3.8, 4) is 0 Å². The van der Waals surface area contributed by atoms with Crippen LogP contribution >= 0.6 is 24.0 Å². The van der Waals surface area contributed by atoms with E-state index in [0.717, 1.165) is 37.7 Å². The van der Waals surface area contributed by atoms with E-state index in [1.807, 2.05) is 13.1 Å². The van der Waals surface area contributed by atoms with Gasteiger partial charge in [0.15, 0.2) is 5.96 Å². The molecule has 1 aromatic rings. The van der Waals surface area contributed by atoms with E-state index in [-0.39, 0.29) is 29.8 Å². The molecule has 0 spiro atoms. The van der Waals surface area contributed by atoms with E-state index in [1.165, 1.54) is 12.1 Å². The van der Waals surface area contributed by atoms with E-state index in [0.29, 0.717) is 12.5 Å². The second kappa shape index (κ2) is 9.19. The predicted molar refractivity (Wildman–Crippen MR) is 93.6 cm³/mol. The maximum absolute atomic E-state index is 13.1. The predicted octanol–water partition coefficient (Wildman–Crippen LogP) is 2.49. The van der Waals surface area contributed by atoms with Crippen molar-refractivity contribution in [1.82, 2.24) is 10.2 Å². The average molecular weight is 407 g/mol.